The van der Waals surface area contributed by atoms with Crippen molar-refractivity contribution in [3.05, 3.63) is 45.9 Å². The van der Waals surface area contributed by atoms with Crippen LogP contribution in [0.25, 0.3) is 11.2 Å². The number of hydrogen-bond donors (Lipinski definition) is 1. The van der Waals surface area contributed by atoms with Crippen molar-refractivity contribution >= 4 is 44.5 Å². The molecule has 2 atom stereocenters. The van der Waals surface area contributed by atoms with Gasteiger partial charge in [-0.25, -0.2) is 4.98 Å². The number of halogens is 2. The fourth-order valence-corrected chi connectivity index (χ4v) is 5.66. The number of benzene rings is 1. The van der Waals surface area contributed by atoms with E-state index in [4.69, 9.17) is 16.3 Å². The maximum absolute atomic E-state index is 6.21. The smallest absolute Gasteiger partial charge is 0.226 e. The maximum Gasteiger partial charge on any atom is 0.226 e. The molecule has 2 aliphatic heterocycles. The molecule has 5 rings (SSSR count). The molecule has 3 aromatic rings. The predicted octanol–water partition coefficient (Wildman–Crippen LogP) is 4.71. The minimum absolute atomic E-state index is 0.257. The summed E-state index contributed by atoms with van der Waals surface area (Å²) in [6.07, 6.45) is 7.53. The number of imidazole rings is 1. The summed E-state index contributed by atoms with van der Waals surface area (Å²) < 4.78 is 6.78. The Labute approximate surface area is 208 Å². The zero-order valence-corrected chi connectivity index (χ0v) is 21.1. The van der Waals surface area contributed by atoms with Crippen LogP contribution in [0.2, 0.25) is 5.28 Å². The van der Waals surface area contributed by atoms with Crippen LogP contribution in [0.5, 0.6) is 0 Å². The summed E-state index contributed by atoms with van der Waals surface area (Å²) in [5.74, 6) is 1.49. The van der Waals surface area contributed by atoms with Gasteiger partial charge in [-0.1, -0.05) is 28.1 Å². The molecule has 1 aromatic carbocycles. The molecule has 9 heteroatoms. The van der Waals surface area contributed by atoms with Crippen LogP contribution in [0.1, 0.15) is 31.2 Å². The van der Waals surface area contributed by atoms with Gasteiger partial charge < -0.3 is 14.6 Å². The number of aromatic amines is 1. The highest BCUT2D eigenvalue weighted by molar-refractivity contribution is 9.10. The molecule has 7 nitrogen and oxygen atoms in total. The van der Waals surface area contributed by atoms with E-state index in [9.17, 15) is 0 Å². The summed E-state index contributed by atoms with van der Waals surface area (Å²) in [6, 6.07) is 9.31. The van der Waals surface area contributed by atoms with Crippen LogP contribution in [0, 0.1) is 5.92 Å². The van der Waals surface area contributed by atoms with E-state index in [1.54, 1.807) is 6.33 Å². The molecule has 0 radical (unpaired) electrons. The van der Waals surface area contributed by atoms with Crippen LogP contribution in [0.3, 0.4) is 0 Å². The Morgan fingerprint density at radius 1 is 1.15 bits per heavy atom. The lowest BCUT2D eigenvalue weighted by atomic mass is 9.88. The first-order valence-corrected chi connectivity index (χ1v) is 13.0. The molecule has 176 valence electrons. The molecule has 2 saturated heterocycles. The predicted molar refractivity (Wildman–Crippen MR) is 135 cm³/mol. The first-order chi connectivity index (χ1) is 16.2. The van der Waals surface area contributed by atoms with Crippen molar-refractivity contribution in [1.29, 1.82) is 0 Å². The number of H-pyrrole nitrogens is 1. The highest BCUT2D eigenvalue weighted by Crippen LogP contribution is 2.31. The lowest BCUT2D eigenvalue weighted by Crippen LogP contribution is -2.46. The summed E-state index contributed by atoms with van der Waals surface area (Å²) >= 11 is 9.75. The fraction of sp³-hybridized carbons (Fsp3) is 0.542. The first kappa shape index (κ1) is 23.0. The number of aromatic nitrogens is 4. The Kier molecular flexibility index (Phi) is 7.45. The zero-order valence-electron chi connectivity index (χ0n) is 18.7. The van der Waals surface area contributed by atoms with Gasteiger partial charge >= 0.3 is 0 Å². The lowest BCUT2D eigenvalue weighted by molar-refractivity contribution is 0.00885. The Balaban J connectivity index is 1.29. The van der Waals surface area contributed by atoms with Gasteiger partial charge in [-0.15, -0.1) is 0 Å². The normalized spacial score (nSPS) is 20.9. The van der Waals surface area contributed by atoms with Gasteiger partial charge in [0.05, 0.1) is 19.5 Å². The van der Waals surface area contributed by atoms with Crippen LogP contribution in [-0.2, 0) is 11.2 Å². The van der Waals surface area contributed by atoms with E-state index in [0.29, 0.717) is 17.6 Å². The van der Waals surface area contributed by atoms with Crippen molar-refractivity contribution in [2.75, 3.05) is 44.3 Å². The Bertz CT molecular complexity index is 1050. The molecule has 0 bridgehead atoms. The van der Waals surface area contributed by atoms with E-state index in [1.807, 2.05) is 0 Å². The topological polar surface area (TPSA) is 70.2 Å². The van der Waals surface area contributed by atoms with Gasteiger partial charge in [0, 0.05) is 36.7 Å². The first-order valence-electron chi connectivity index (χ1n) is 11.8. The molecular weight excluding hydrogens is 504 g/mol. The summed E-state index contributed by atoms with van der Waals surface area (Å²) in [7, 11) is 0. The van der Waals surface area contributed by atoms with Crippen molar-refractivity contribution in [2.45, 2.75) is 38.1 Å². The molecule has 4 heterocycles. The molecule has 2 unspecified atom stereocenters. The molecule has 2 fully saturated rings. The third-order valence-corrected chi connectivity index (χ3v) is 7.60. The van der Waals surface area contributed by atoms with E-state index in [2.05, 4.69) is 69.9 Å². The van der Waals surface area contributed by atoms with Gasteiger partial charge in [-0.05, 0) is 67.3 Å². The van der Waals surface area contributed by atoms with E-state index in [-0.39, 0.29) is 5.28 Å². The summed E-state index contributed by atoms with van der Waals surface area (Å²) in [6.45, 7) is 5.70. The second kappa shape index (κ2) is 10.7. The van der Waals surface area contributed by atoms with Crippen LogP contribution in [0.4, 0.5) is 5.82 Å². The number of hydrogen-bond acceptors (Lipinski definition) is 6. The second-order valence-corrected chi connectivity index (χ2v) is 10.3. The summed E-state index contributed by atoms with van der Waals surface area (Å²) in [5.41, 5.74) is 2.91. The van der Waals surface area contributed by atoms with E-state index in [1.165, 1.54) is 24.8 Å². The van der Waals surface area contributed by atoms with Gasteiger partial charge in [0.2, 0.25) is 5.28 Å². The number of aryl methyl sites for hydroxylation is 1. The zero-order chi connectivity index (χ0) is 22.6. The fourth-order valence-electron chi connectivity index (χ4n) is 5.23. The quantitative estimate of drug-likeness (QED) is 0.444. The Morgan fingerprint density at radius 2 is 1.97 bits per heavy atom. The van der Waals surface area contributed by atoms with Gasteiger partial charge in [0.25, 0.3) is 0 Å². The van der Waals surface area contributed by atoms with Crippen molar-refractivity contribution in [2.24, 2.45) is 5.92 Å². The van der Waals surface area contributed by atoms with Crippen LogP contribution < -0.4 is 4.90 Å². The monoisotopic (exact) mass is 532 g/mol. The van der Waals surface area contributed by atoms with Gasteiger partial charge in [0.15, 0.2) is 11.5 Å². The van der Waals surface area contributed by atoms with Gasteiger partial charge in [-0.3, -0.25) is 4.90 Å². The number of morpholine rings is 1. The number of nitrogens with one attached hydrogen (secondary N) is 1. The minimum Gasteiger partial charge on any atom is -0.379 e. The third kappa shape index (κ3) is 5.67. The maximum atomic E-state index is 6.21. The summed E-state index contributed by atoms with van der Waals surface area (Å²) in [4.78, 5) is 21.3. The van der Waals surface area contributed by atoms with Gasteiger partial charge in [0.1, 0.15) is 5.52 Å². The Morgan fingerprint density at radius 3 is 2.79 bits per heavy atom. The minimum atomic E-state index is 0.257. The molecular formula is C24H30BrClN6O. The SMILES string of the molecule is Clc1nc(N2CCCC(CC(CCc3ccc(Br)cc3)N3CCOCC3)C2)c2[nH]cnc2n1. The molecule has 2 aliphatic rings. The van der Waals surface area contributed by atoms with Crippen molar-refractivity contribution < 1.29 is 4.74 Å². The number of ether oxygens (including phenoxy) is 1. The molecule has 0 saturated carbocycles. The van der Waals surface area contributed by atoms with E-state index in [0.717, 1.165) is 68.0 Å². The number of anilines is 1. The average molecular weight is 534 g/mol. The molecule has 0 amide bonds. The highest BCUT2D eigenvalue weighted by Gasteiger charge is 2.29. The van der Waals surface area contributed by atoms with Crippen LogP contribution in [-0.4, -0.2) is 70.3 Å². The highest BCUT2D eigenvalue weighted by atomic mass is 79.9. The number of rotatable bonds is 7. The van der Waals surface area contributed by atoms with E-state index < -0.39 is 0 Å². The summed E-state index contributed by atoms with van der Waals surface area (Å²) in [5, 5.41) is 0.257. The largest absolute Gasteiger partial charge is 0.379 e. The van der Waals surface area contributed by atoms with Crippen molar-refractivity contribution in [3.8, 4) is 0 Å². The molecule has 0 aliphatic carbocycles. The standard InChI is InChI=1S/C24H30BrClN6O/c25-19-6-3-17(4-7-19)5-8-20(31-10-12-33-13-11-31)14-18-2-1-9-32(15-18)23-21-22(28-16-27-21)29-24(26)30-23/h3-4,6-7,16,18,20H,1-2,5,8-15H2,(H,27,28,29,30). The van der Waals surface area contributed by atoms with Crippen LogP contribution >= 0.6 is 27.5 Å². The lowest BCUT2D eigenvalue weighted by Gasteiger charge is -2.39. The number of fused-ring (bicyclic) bond motifs is 1. The van der Waals surface area contributed by atoms with Crippen LogP contribution in [0.15, 0.2) is 35.1 Å². The number of nitrogens with zero attached hydrogens (tertiary/aromatic N) is 5. The third-order valence-electron chi connectivity index (χ3n) is 6.90. The van der Waals surface area contributed by atoms with Crippen molar-refractivity contribution in [3.63, 3.8) is 0 Å². The second-order valence-electron chi connectivity index (χ2n) is 9.07. The van der Waals surface area contributed by atoms with E-state index >= 15 is 0 Å². The van der Waals surface area contributed by atoms with Gasteiger partial charge in [-0.2, -0.15) is 9.97 Å². The molecule has 2 aromatic heterocycles. The molecule has 0 spiro atoms. The van der Waals surface area contributed by atoms with Crippen molar-refractivity contribution in [1.82, 2.24) is 24.8 Å². The Hall–Kier alpha value is -1.74. The molecule has 33 heavy (non-hydrogen) atoms. The molecule has 1 N–H and O–H groups in total. The number of piperidine rings is 1. The average Bonchev–Trinajstić information content (AvgIpc) is 3.31.